The Bertz CT molecular complexity index is 1220. The van der Waals surface area contributed by atoms with E-state index < -0.39 is 11.6 Å². The zero-order valence-electron chi connectivity index (χ0n) is 19.2. The lowest BCUT2D eigenvalue weighted by molar-refractivity contribution is 0.115. The van der Waals surface area contributed by atoms with E-state index in [0.29, 0.717) is 35.4 Å². The van der Waals surface area contributed by atoms with Crippen molar-refractivity contribution in [3.8, 4) is 16.9 Å². The fourth-order valence-electron chi connectivity index (χ4n) is 4.94. The Labute approximate surface area is 207 Å². The lowest BCUT2D eigenvalue weighted by atomic mass is 10.1. The molecule has 2 aromatic carbocycles. The second kappa shape index (κ2) is 9.83. The largest absolute Gasteiger partial charge is 0.382 e. The van der Waals surface area contributed by atoms with Gasteiger partial charge in [0.25, 0.3) is 0 Å². The Morgan fingerprint density at radius 2 is 1.71 bits per heavy atom. The van der Waals surface area contributed by atoms with Gasteiger partial charge in [0.1, 0.15) is 28.7 Å². The number of piperazine rings is 1. The Balaban J connectivity index is 1.43. The zero-order chi connectivity index (χ0) is 24.5. The van der Waals surface area contributed by atoms with E-state index in [1.807, 2.05) is 0 Å². The van der Waals surface area contributed by atoms with Gasteiger partial charge in [-0.25, -0.2) is 18.3 Å². The minimum atomic E-state index is -0.691. The molecule has 1 saturated carbocycles. The van der Waals surface area contributed by atoms with E-state index in [4.69, 9.17) is 17.3 Å². The van der Waals surface area contributed by atoms with Crippen LogP contribution < -0.4 is 11.1 Å². The number of nitrogens with zero attached hydrogens (tertiary/aromatic N) is 4. The van der Waals surface area contributed by atoms with Gasteiger partial charge in [0.15, 0.2) is 5.82 Å². The van der Waals surface area contributed by atoms with Crippen LogP contribution in [-0.2, 0) is 0 Å². The van der Waals surface area contributed by atoms with E-state index in [2.05, 4.69) is 15.3 Å². The second-order valence-corrected chi connectivity index (χ2v) is 9.45. The molecule has 5 rings (SSSR count). The van der Waals surface area contributed by atoms with Crippen LogP contribution in [0.2, 0.25) is 5.02 Å². The number of amides is 2. The molecule has 0 bridgehead atoms. The van der Waals surface area contributed by atoms with Gasteiger partial charge < -0.3 is 16.0 Å². The molecule has 2 amide bonds. The topological polar surface area (TPSA) is 79.4 Å². The summed E-state index contributed by atoms with van der Waals surface area (Å²) < 4.78 is 29.5. The molecule has 2 aliphatic rings. The van der Waals surface area contributed by atoms with Crippen LogP contribution in [0.4, 0.5) is 25.1 Å². The number of carbonyl (C=O) groups excluding carboxylic acids is 1. The first-order valence-corrected chi connectivity index (χ1v) is 12.2. The van der Waals surface area contributed by atoms with Crippen molar-refractivity contribution in [2.24, 2.45) is 0 Å². The molecule has 2 heterocycles. The van der Waals surface area contributed by atoms with Crippen LogP contribution in [0.15, 0.2) is 42.5 Å². The van der Waals surface area contributed by atoms with Crippen LogP contribution in [0.3, 0.4) is 0 Å². The first-order chi connectivity index (χ1) is 16.9. The third-order valence-electron chi connectivity index (χ3n) is 6.85. The molecule has 0 spiro atoms. The number of urea groups is 1. The van der Waals surface area contributed by atoms with Crippen molar-refractivity contribution in [3.63, 3.8) is 0 Å². The van der Waals surface area contributed by atoms with Crippen LogP contribution in [-0.4, -0.2) is 57.8 Å². The third-order valence-corrected chi connectivity index (χ3v) is 7.10. The van der Waals surface area contributed by atoms with E-state index in [-0.39, 0.29) is 23.2 Å². The first-order valence-electron chi connectivity index (χ1n) is 11.8. The number of anilines is 2. The molecule has 1 saturated heterocycles. The highest BCUT2D eigenvalue weighted by atomic mass is 35.5. The summed E-state index contributed by atoms with van der Waals surface area (Å²) >= 11 is 6.03. The van der Waals surface area contributed by atoms with E-state index in [9.17, 15) is 13.6 Å². The van der Waals surface area contributed by atoms with Gasteiger partial charge in [-0.05, 0) is 37.1 Å². The van der Waals surface area contributed by atoms with Crippen molar-refractivity contribution in [2.75, 3.05) is 37.2 Å². The molecule has 0 radical (unpaired) electrons. The van der Waals surface area contributed by atoms with E-state index in [1.54, 1.807) is 29.2 Å². The fourth-order valence-corrected chi connectivity index (χ4v) is 5.07. The standard InChI is InChI=1S/C25H27ClF2N6O/c26-17-7-5-16(6-8-17)22-23(24(29)34(31-22)21-15-18(27)9-10-20(21)28)30-25(35)33-13-11-32(12-14-33)19-3-1-2-4-19/h5-10,15,19H,1-4,11-14,29H2,(H,30,35). The number of halogens is 3. The number of nitrogens with two attached hydrogens (primary N) is 1. The second-order valence-electron chi connectivity index (χ2n) is 9.01. The Kier molecular flexibility index (Phi) is 6.62. The van der Waals surface area contributed by atoms with Crippen LogP contribution in [0.25, 0.3) is 16.9 Å². The molecule has 184 valence electrons. The van der Waals surface area contributed by atoms with Gasteiger partial charge in [-0.1, -0.05) is 36.6 Å². The number of carbonyl (C=O) groups is 1. The SMILES string of the molecule is Nc1c(NC(=O)N2CCN(C3CCCC3)CC2)c(-c2ccc(Cl)cc2)nn1-c1cc(F)ccc1F. The number of nitrogens with one attached hydrogen (secondary N) is 1. The summed E-state index contributed by atoms with van der Waals surface area (Å²) in [5.41, 5.74) is 7.39. The average Bonchev–Trinajstić information content (AvgIpc) is 3.51. The monoisotopic (exact) mass is 500 g/mol. The molecule has 1 aromatic heterocycles. The first kappa shape index (κ1) is 23.6. The normalized spacial score (nSPS) is 17.2. The maximum atomic E-state index is 14.5. The number of hydrogen-bond donors (Lipinski definition) is 2. The van der Waals surface area contributed by atoms with Crippen LogP contribution >= 0.6 is 11.6 Å². The molecule has 1 aliphatic heterocycles. The lowest BCUT2D eigenvalue weighted by Crippen LogP contribution is -2.52. The molecule has 0 atom stereocenters. The average molecular weight is 501 g/mol. The Morgan fingerprint density at radius 3 is 2.40 bits per heavy atom. The summed E-state index contributed by atoms with van der Waals surface area (Å²) in [6.07, 6.45) is 4.99. The van der Waals surface area contributed by atoms with Gasteiger partial charge >= 0.3 is 6.03 Å². The summed E-state index contributed by atoms with van der Waals surface area (Å²) in [7, 11) is 0. The van der Waals surface area contributed by atoms with Crippen LogP contribution in [0.5, 0.6) is 0 Å². The zero-order valence-corrected chi connectivity index (χ0v) is 19.9. The van der Waals surface area contributed by atoms with Crippen molar-refractivity contribution in [1.82, 2.24) is 19.6 Å². The van der Waals surface area contributed by atoms with E-state index in [0.717, 1.165) is 36.0 Å². The summed E-state index contributed by atoms with van der Waals surface area (Å²) in [6.45, 7) is 2.85. The van der Waals surface area contributed by atoms with Crippen molar-refractivity contribution in [2.45, 2.75) is 31.7 Å². The van der Waals surface area contributed by atoms with Crippen molar-refractivity contribution >= 4 is 29.1 Å². The fraction of sp³-hybridized carbons (Fsp3) is 0.360. The summed E-state index contributed by atoms with van der Waals surface area (Å²) in [5, 5.41) is 7.86. The van der Waals surface area contributed by atoms with E-state index >= 15 is 0 Å². The van der Waals surface area contributed by atoms with Crippen molar-refractivity contribution in [3.05, 3.63) is 59.1 Å². The number of benzene rings is 2. The molecule has 7 nitrogen and oxygen atoms in total. The van der Waals surface area contributed by atoms with Gasteiger partial charge in [-0.15, -0.1) is 0 Å². The predicted octanol–water partition coefficient (Wildman–Crippen LogP) is 5.15. The van der Waals surface area contributed by atoms with Crippen molar-refractivity contribution in [1.29, 1.82) is 0 Å². The highest BCUT2D eigenvalue weighted by Crippen LogP contribution is 2.35. The molecule has 10 heteroatoms. The molecular formula is C25H27ClF2N6O. The summed E-state index contributed by atoms with van der Waals surface area (Å²) in [4.78, 5) is 17.4. The minimum Gasteiger partial charge on any atom is -0.382 e. The highest BCUT2D eigenvalue weighted by molar-refractivity contribution is 6.30. The molecule has 1 aliphatic carbocycles. The van der Waals surface area contributed by atoms with Gasteiger partial charge in [0, 0.05) is 48.9 Å². The van der Waals surface area contributed by atoms with Crippen LogP contribution in [0.1, 0.15) is 25.7 Å². The third kappa shape index (κ3) is 4.83. The maximum Gasteiger partial charge on any atom is 0.322 e. The quantitative estimate of drug-likeness (QED) is 0.519. The maximum absolute atomic E-state index is 14.5. The molecule has 3 aromatic rings. The molecule has 0 unspecified atom stereocenters. The molecule has 2 fully saturated rings. The Morgan fingerprint density at radius 1 is 1.03 bits per heavy atom. The summed E-state index contributed by atoms with van der Waals surface area (Å²) in [5.74, 6) is -1.32. The molecule has 3 N–H and O–H groups in total. The van der Waals surface area contributed by atoms with Gasteiger partial charge in [-0.2, -0.15) is 5.10 Å². The number of hydrogen-bond acceptors (Lipinski definition) is 4. The number of aromatic nitrogens is 2. The van der Waals surface area contributed by atoms with Crippen molar-refractivity contribution < 1.29 is 13.6 Å². The van der Waals surface area contributed by atoms with Crippen LogP contribution in [0, 0.1) is 11.6 Å². The van der Waals surface area contributed by atoms with Gasteiger partial charge in [0.2, 0.25) is 0 Å². The van der Waals surface area contributed by atoms with Gasteiger partial charge in [0.05, 0.1) is 0 Å². The number of nitrogen functional groups attached to an aromatic ring is 1. The smallest absolute Gasteiger partial charge is 0.322 e. The number of rotatable bonds is 4. The molecule has 35 heavy (non-hydrogen) atoms. The Hall–Kier alpha value is -3.17. The highest BCUT2D eigenvalue weighted by Gasteiger charge is 2.29. The summed E-state index contributed by atoms with van der Waals surface area (Å²) in [6, 6.07) is 10.2. The minimum absolute atomic E-state index is 0.00242. The lowest BCUT2D eigenvalue weighted by Gasteiger charge is -2.38. The predicted molar refractivity (Wildman–Crippen MR) is 133 cm³/mol. The molecular weight excluding hydrogens is 474 g/mol. The van der Waals surface area contributed by atoms with Gasteiger partial charge in [-0.3, -0.25) is 4.90 Å². The van der Waals surface area contributed by atoms with E-state index in [1.165, 1.54) is 25.7 Å².